The van der Waals surface area contributed by atoms with Crippen molar-refractivity contribution in [3.05, 3.63) is 46.5 Å². The third-order valence-electron chi connectivity index (χ3n) is 7.84. The minimum atomic E-state index is -0.0221. The van der Waals surface area contributed by atoms with Gasteiger partial charge in [-0.2, -0.15) is 0 Å². The van der Waals surface area contributed by atoms with Gasteiger partial charge in [-0.05, 0) is 37.8 Å². The van der Waals surface area contributed by atoms with Crippen LogP contribution in [-0.2, 0) is 0 Å². The van der Waals surface area contributed by atoms with Gasteiger partial charge in [0.25, 0.3) is 11.8 Å². The summed E-state index contributed by atoms with van der Waals surface area (Å²) in [6.07, 6.45) is 11.0. The first kappa shape index (κ1) is 20.4. The van der Waals surface area contributed by atoms with E-state index in [0.717, 1.165) is 73.3 Å². The maximum Gasteiger partial charge on any atom is 0.259 e. The van der Waals surface area contributed by atoms with Gasteiger partial charge in [-0.25, -0.2) is 0 Å². The molecular weight excluding hydrogens is 436 g/mol. The SMILES string of the molecule is O=C1c2ccc3c4c(ccc(c24)C(=S)N1C1CCCCC1)C(=S)N(C1CCCCC1)C3=O. The molecule has 2 fully saturated rings. The van der Waals surface area contributed by atoms with Crippen molar-refractivity contribution in [1.82, 2.24) is 9.80 Å². The Bertz CT molecular complexity index is 1030. The third-order valence-corrected chi connectivity index (χ3v) is 8.67. The highest BCUT2D eigenvalue weighted by molar-refractivity contribution is 7.81. The third kappa shape index (κ3) is 2.85. The fourth-order valence-corrected chi connectivity index (χ4v) is 7.06. The molecule has 2 aliphatic carbocycles. The molecule has 0 spiro atoms. The van der Waals surface area contributed by atoms with Crippen molar-refractivity contribution >= 4 is 57.0 Å². The average molecular weight is 463 g/mol. The summed E-state index contributed by atoms with van der Waals surface area (Å²) < 4.78 is 0. The van der Waals surface area contributed by atoms with Crippen molar-refractivity contribution in [2.75, 3.05) is 0 Å². The van der Waals surface area contributed by atoms with E-state index < -0.39 is 0 Å². The van der Waals surface area contributed by atoms with Gasteiger partial charge in [-0.3, -0.25) is 19.4 Å². The summed E-state index contributed by atoms with van der Waals surface area (Å²) in [4.78, 5) is 32.2. The Morgan fingerprint density at radius 3 is 1.28 bits per heavy atom. The molecule has 2 aromatic rings. The van der Waals surface area contributed by atoms with Gasteiger partial charge >= 0.3 is 0 Å². The van der Waals surface area contributed by atoms with Crippen LogP contribution in [0.2, 0.25) is 0 Å². The minimum absolute atomic E-state index is 0.0221. The van der Waals surface area contributed by atoms with Crippen LogP contribution in [0.3, 0.4) is 0 Å². The minimum Gasteiger partial charge on any atom is -0.295 e. The topological polar surface area (TPSA) is 40.6 Å². The number of carbonyl (C=O) groups excluding carboxylic acids is 2. The van der Waals surface area contributed by atoms with Gasteiger partial charge in [0.1, 0.15) is 9.98 Å². The quantitative estimate of drug-likeness (QED) is 0.532. The lowest BCUT2D eigenvalue weighted by molar-refractivity contribution is 0.0766. The predicted molar refractivity (Wildman–Crippen MR) is 133 cm³/mol. The molecule has 164 valence electrons. The van der Waals surface area contributed by atoms with E-state index in [1.807, 2.05) is 34.1 Å². The Balaban J connectivity index is 1.49. The van der Waals surface area contributed by atoms with Crippen molar-refractivity contribution in [3.8, 4) is 0 Å². The Labute approximate surface area is 198 Å². The maximum atomic E-state index is 13.6. The summed E-state index contributed by atoms with van der Waals surface area (Å²) in [5.74, 6) is -0.0441. The molecule has 0 saturated heterocycles. The molecule has 6 heteroatoms. The average Bonchev–Trinajstić information content (AvgIpc) is 2.83. The molecule has 2 saturated carbocycles. The Morgan fingerprint density at radius 1 is 0.562 bits per heavy atom. The molecule has 2 aliphatic heterocycles. The van der Waals surface area contributed by atoms with Crippen molar-refractivity contribution < 1.29 is 9.59 Å². The van der Waals surface area contributed by atoms with Gasteiger partial charge < -0.3 is 0 Å². The molecule has 4 nitrogen and oxygen atoms in total. The largest absolute Gasteiger partial charge is 0.295 e. The zero-order chi connectivity index (χ0) is 22.0. The van der Waals surface area contributed by atoms with Gasteiger partial charge in [0.2, 0.25) is 0 Å². The van der Waals surface area contributed by atoms with Crippen LogP contribution in [0.4, 0.5) is 0 Å². The molecule has 2 aromatic carbocycles. The molecule has 4 aliphatic rings. The molecular formula is C26H26N2O2S2. The first-order valence-electron chi connectivity index (χ1n) is 11.9. The molecule has 32 heavy (non-hydrogen) atoms. The van der Waals surface area contributed by atoms with E-state index in [2.05, 4.69) is 0 Å². The van der Waals surface area contributed by atoms with Gasteiger partial charge in [0.05, 0.1) is 0 Å². The molecule has 6 rings (SSSR count). The second-order valence-electron chi connectivity index (χ2n) is 9.62. The van der Waals surface area contributed by atoms with Crippen LogP contribution in [-0.4, -0.2) is 43.7 Å². The molecule has 0 radical (unpaired) electrons. The van der Waals surface area contributed by atoms with Crippen LogP contribution < -0.4 is 0 Å². The number of nitrogens with zero attached hydrogens (tertiary/aromatic N) is 2. The highest BCUT2D eigenvalue weighted by Gasteiger charge is 2.41. The number of rotatable bonds is 2. The van der Waals surface area contributed by atoms with E-state index in [0.29, 0.717) is 21.1 Å². The van der Waals surface area contributed by atoms with Crippen molar-refractivity contribution in [2.24, 2.45) is 0 Å². The second kappa shape index (κ2) is 7.70. The van der Waals surface area contributed by atoms with Crippen molar-refractivity contribution in [1.29, 1.82) is 0 Å². The Hall–Kier alpha value is -2.18. The zero-order valence-corrected chi connectivity index (χ0v) is 19.7. The van der Waals surface area contributed by atoms with Gasteiger partial charge in [0, 0.05) is 45.1 Å². The lowest BCUT2D eigenvalue weighted by Crippen LogP contribution is -2.49. The van der Waals surface area contributed by atoms with E-state index in [1.54, 1.807) is 0 Å². The van der Waals surface area contributed by atoms with Crippen molar-refractivity contribution in [3.63, 3.8) is 0 Å². The highest BCUT2D eigenvalue weighted by Crippen LogP contribution is 2.41. The zero-order valence-electron chi connectivity index (χ0n) is 18.1. The van der Waals surface area contributed by atoms with Gasteiger partial charge in [0.15, 0.2) is 0 Å². The molecule has 0 unspecified atom stereocenters. The summed E-state index contributed by atoms with van der Waals surface area (Å²) in [5, 5.41) is 1.64. The molecule has 0 atom stereocenters. The number of thiocarbonyl (C=S) groups is 2. The predicted octanol–water partition coefficient (Wildman–Crippen LogP) is 5.77. The van der Waals surface area contributed by atoms with Crippen LogP contribution >= 0.6 is 24.4 Å². The Morgan fingerprint density at radius 2 is 0.906 bits per heavy atom. The van der Waals surface area contributed by atoms with Crippen LogP contribution in [0.1, 0.15) is 96.1 Å². The number of hydrogen-bond acceptors (Lipinski definition) is 4. The first-order chi connectivity index (χ1) is 15.6. The van der Waals surface area contributed by atoms with Crippen LogP contribution in [0.15, 0.2) is 24.3 Å². The molecule has 0 bridgehead atoms. The van der Waals surface area contributed by atoms with Crippen LogP contribution in [0, 0.1) is 0 Å². The lowest BCUT2D eigenvalue weighted by atomic mass is 9.84. The van der Waals surface area contributed by atoms with E-state index in [1.165, 1.54) is 12.8 Å². The summed E-state index contributed by atoms with van der Waals surface area (Å²) in [6.45, 7) is 0. The van der Waals surface area contributed by atoms with Crippen LogP contribution in [0.5, 0.6) is 0 Å². The highest BCUT2D eigenvalue weighted by atomic mass is 32.1. The number of benzene rings is 2. The monoisotopic (exact) mass is 462 g/mol. The first-order valence-corrected chi connectivity index (χ1v) is 12.7. The Kier molecular flexibility index (Phi) is 4.92. The summed E-state index contributed by atoms with van der Waals surface area (Å²) in [5.41, 5.74) is 3.09. The van der Waals surface area contributed by atoms with Gasteiger partial charge in [-0.1, -0.05) is 75.1 Å². The van der Waals surface area contributed by atoms with Crippen LogP contribution in [0.25, 0.3) is 10.8 Å². The smallest absolute Gasteiger partial charge is 0.259 e. The molecule has 0 N–H and O–H groups in total. The van der Waals surface area contributed by atoms with Crippen molar-refractivity contribution in [2.45, 2.75) is 76.3 Å². The number of amides is 2. The molecule has 2 heterocycles. The number of hydrogen-bond donors (Lipinski definition) is 0. The summed E-state index contributed by atoms with van der Waals surface area (Å²) in [6, 6.07) is 8.08. The van der Waals surface area contributed by atoms with E-state index >= 15 is 0 Å². The maximum absolute atomic E-state index is 13.6. The standard InChI is InChI=1S/C26H26N2O2S2/c29-23-17-11-12-18-22-20(26(32)28(24(18)30)16-9-5-2-6-10-16)14-13-19(21(17)22)25(31)27(23)15-7-3-1-4-8-15/h11-16H,1-10H2. The fraction of sp³-hybridized carbons (Fsp3) is 0.462. The molecule has 2 amide bonds. The lowest BCUT2D eigenvalue weighted by Gasteiger charge is -2.40. The molecule has 0 aromatic heterocycles. The summed E-state index contributed by atoms with van der Waals surface area (Å²) in [7, 11) is 0. The normalized spacial score (nSPS) is 22.2. The van der Waals surface area contributed by atoms with E-state index in [9.17, 15) is 9.59 Å². The summed E-state index contributed by atoms with van der Waals surface area (Å²) >= 11 is 11.8. The van der Waals surface area contributed by atoms with E-state index in [4.69, 9.17) is 24.4 Å². The number of carbonyl (C=O) groups is 2. The fourth-order valence-electron chi connectivity index (χ4n) is 6.25. The van der Waals surface area contributed by atoms with Gasteiger partial charge in [-0.15, -0.1) is 0 Å². The van der Waals surface area contributed by atoms with E-state index in [-0.39, 0.29) is 23.9 Å². The second-order valence-corrected chi connectivity index (χ2v) is 10.4.